The van der Waals surface area contributed by atoms with Gasteiger partial charge in [-0.1, -0.05) is 12.6 Å². The lowest BCUT2D eigenvalue weighted by molar-refractivity contribution is -0.150. The highest BCUT2D eigenvalue weighted by Crippen LogP contribution is 2.70. The number of hydrogen-bond acceptors (Lipinski definition) is 5. The lowest BCUT2D eigenvalue weighted by atomic mass is 9.63. The molecular weight excluding hydrogens is 308 g/mol. The number of fused-ring (bicyclic) bond motifs is 3. The maximum atomic E-state index is 13.2. The van der Waals surface area contributed by atoms with Crippen molar-refractivity contribution in [3.05, 3.63) is 41.0 Å². The molecule has 0 aromatic heterocycles. The predicted molar refractivity (Wildman–Crippen MR) is 85.7 cm³/mol. The van der Waals surface area contributed by atoms with E-state index in [1.54, 1.807) is 19.1 Å². The van der Waals surface area contributed by atoms with Crippen molar-refractivity contribution in [3.8, 4) is 5.75 Å². The molecular formula is C19H20O5. The van der Waals surface area contributed by atoms with E-state index in [0.29, 0.717) is 24.0 Å². The number of esters is 1. The van der Waals surface area contributed by atoms with Crippen LogP contribution in [0.3, 0.4) is 0 Å². The Kier molecular flexibility index (Phi) is 2.87. The van der Waals surface area contributed by atoms with Gasteiger partial charge < -0.3 is 14.9 Å². The molecule has 3 aliphatic carbocycles. The molecule has 0 unspecified atom stereocenters. The minimum absolute atomic E-state index is 0.0947. The van der Waals surface area contributed by atoms with Crippen LogP contribution in [0.2, 0.25) is 0 Å². The maximum Gasteiger partial charge on any atom is 0.314 e. The highest BCUT2D eigenvalue weighted by molar-refractivity contribution is 6.09. The van der Waals surface area contributed by atoms with E-state index in [4.69, 9.17) is 4.74 Å². The fraction of sp³-hybridized carbons (Fsp3) is 0.474. The predicted octanol–water partition coefficient (Wildman–Crippen LogP) is 2.09. The molecule has 5 heteroatoms. The van der Waals surface area contributed by atoms with Crippen LogP contribution in [0.15, 0.2) is 24.3 Å². The third-order valence-corrected chi connectivity index (χ3v) is 6.45. The molecule has 1 aromatic carbocycles. The zero-order chi connectivity index (χ0) is 17.4. The van der Waals surface area contributed by atoms with Gasteiger partial charge in [0.05, 0.1) is 24.0 Å². The summed E-state index contributed by atoms with van der Waals surface area (Å²) >= 11 is 0. The van der Waals surface area contributed by atoms with Gasteiger partial charge in [0.25, 0.3) is 0 Å². The lowest BCUT2D eigenvalue weighted by Gasteiger charge is -2.39. The number of ether oxygens (including phenoxy) is 1. The standard InChI is InChI=1S/C19H20O5/c1-9-13(20)5-4-11-12-6-7-18(23)8-19(12,16(21)10(18)2)15(14(9)11)17(22)24-3/h4-5,12,15,20,23H,2,6-8H2,1,3H3/t12-,15+,18-,19+/m0/s1. The van der Waals surface area contributed by atoms with E-state index in [0.717, 1.165) is 5.56 Å². The van der Waals surface area contributed by atoms with Gasteiger partial charge in [0, 0.05) is 5.57 Å². The Bertz CT molecular complexity index is 810. The summed E-state index contributed by atoms with van der Waals surface area (Å²) in [6.07, 6.45) is 1.25. The number of aliphatic hydroxyl groups is 1. The van der Waals surface area contributed by atoms with Crippen LogP contribution >= 0.6 is 0 Å². The number of phenolic OH excluding ortho intramolecular Hbond substituents is 1. The molecule has 2 saturated carbocycles. The highest BCUT2D eigenvalue weighted by Gasteiger charge is 2.71. The average Bonchev–Trinajstić information content (AvgIpc) is 2.93. The molecule has 2 fully saturated rings. The zero-order valence-electron chi connectivity index (χ0n) is 13.8. The van der Waals surface area contributed by atoms with Gasteiger partial charge in [0.15, 0.2) is 5.78 Å². The van der Waals surface area contributed by atoms with Crippen molar-refractivity contribution in [2.24, 2.45) is 5.41 Å². The summed E-state index contributed by atoms with van der Waals surface area (Å²) in [5.74, 6) is -1.62. The first-order valence-electron chi connectivity index (χ1n) is 8.14. The molecule has 0 radical (unpaired) electrons. The van der Waals surface area contributed by atoms with E-state index in [1.165, 1.54) is 7.11 Å². The summed E-state index contributed by atoms with van der Waals surface area (Å²) in [5, 5.41) is 21.0. The number of aromatic hydroxyl groups is 1. The number of carbonyl (C=O) groups is 2. The van der Waals surface area contributed by atoms with Gasteiger partial charge in [-0.3, -0.25) is 9.59 Å². The Hall–Kier alpha value is -2.14. The monoisotopic (exact) mass is 328 g/mol. The first-order valence-corrected chi connectivity index (χ1v) is 8.14. The van der Waals surface area contributed by atoms with Crippen LogP contribution in [-0.2, 0) is 14.3 Å². The van der Waals surface area contributed by atoms with Crippen LogP contribution in [0.5, 0.6) is 5.75 Å². The zero-order valence-corrected chi connectivity index (χ0v) is 13.8. The van der Waals surface area contributed by atoms with Crippen molar-refractivity contribution in [1.82, 2.24) is 0 Å². The van der Waals surface area contributed by atoms with Crippen molar-refractivity contribution in [2.45, 2.75) is 43.6 Å². The topological polar surface area (TPSA) is 83.8 Å². The van der Waals surface area contributed by atoms with Crippen molar-refractivity contribution in [2.75, 3.05) is 7.11 Å². The number of ketones is 1. The minimum Gasteiger partial charge on any atom is -0.508 e. The summed E-state index contributed by atoms with van der Waals surface area (Å²) in [5.41, 5.74) is 0.106. The first kappa shape index (κ1) is 15.4. The number of rotatable bonds is 1. The largest absolute Gasteiger partial charge is 0.508 e. The molecule has 0 heterocycles. The Morgan fingerprint density at radius 3 is 2.79 bits per heavy atom. The highest BCUT2D eigenvalue weighted by atomic mass is 16.5. The van der Waals surface area contributed by atoms with Gasteiger partial charge in [-0.2, -0.15) is 0 Å². The molecule has 126 valence electrons. The van der Waals surface area contributed by atoms with Gasteiger partial charge in [-0.05, 0) is 54.9 Å². The van der Waals surface area contributed by atoms with Gasteiger partial charge in [0.1, 0.15) is 5.75 Å². The fourth-order valence-corrected chi connectivity index (χ4v) is 5.32. The molecule has 24 heavy (non-hydrogen) atoms. The smallest absolute Gasteiger partial charge is 0.314 e. The van der Waals surface area contributed by atoms with Crippen LogP contribution in [0.4, 0.5) is 0 Å². The molecule has 5 nitrogen and oxygen atoms in total. The van der Waals surface area contributed by atoms with Crippen molar-refractivity contribution >= 4 is 11.8 Å². The number of benzene rings is 1. The van der Waals surface area contributed by atoms with E-state index in [1.807, 2.05) is 0 Å². The number of phenols is 1. The summed E-state index contributed by atoms with van der Waals surface area (Å²) in [4.78, 5) is 25.8. The second-order valence-corrected chi connectivity index (χ2v) is 7.32. The van der Waals surface area contributed by atoms with E-state index >= 15 is 0 Å². The molecule has 1 aromatic rings. The summed E-state index contributed by atoms with van der Waals surface area (Å²) in [7, 11) is 1.30. The summed E-state index contributed by atoms with van der Waals surface area (Å²) in [6, 6.07) is 3.41. The van der Waals surface area contributed by atoms with Crippen LogP contribution in [0.25, 0.3) is 0 Å². The van der Waals surface area contributed by atoms with E-state index in [2.05, 4.69) is 6.58 Å². The second kappa shape index (κ2) is 4.48. The molecule has 4 atom stereocenters. The Morgan fingerprint density at radius 1 is 1.42 bits per heavy atom. The van der Waals surface area contributed by atoms with Gasteiger partial charge >= 0.3 is 5.97 Å². The first-order chi connectivity index (χ1) is 11.3. The molecule has 0 aliphatic heterocycles. The van der Waals surface area contributed by atoms with E-state index in [-0.39, 0.29) is 29.4 Å². The van der Waals surface area contributed by atoms with Crippen LogP contribution in [0, 0.1) is 12.3 Å². The normalized spacial score (nSPS) is 36.5. The van der Waals surface area contributed by atoms with Crippen LogP contribution in [0.1, 0.15) is 47.8 Å². The molecule has 2 bridgehead atoms. The van der Waals surface area contributed by atoms with Crippen molar-refractivity contribution in [1.29, 1.82) is 0 Å². The number of hydrogen-bond donors (Lipinski definition) is 2. The lowest BCUT2D eigenvalue weighted by Crippen LogP contribution is -2.42. The molecule has 1 spiro atoms. The molecule has 0 saturated heterocycles. The van der Waals surface area contributed by atoms with Gasteiger partial charge in [-0.15, -0.1) is 0 Å². The molecule has 2 N–H and O–H groups in total. The Morgan fingerprint density at radius 2 is 2.12 bits per heavy atom. The fourth-order valence-electron chi connectivity index (χ4n) is 5.32. The maximum absolute atomic E-state index is 13.2. The van der Waals surface area contributed by atoms with Crippen molar-refractivity contribution < 1.29 is 24.5 Å². The van der Waals surface area contributed by atoms with Crippen LogP contribution in [-0.4, -0.2) is 34.7 Å². The third-order valence-electron chi connectivity index (χ3n) is 6.45. The number of carbonyl (C=O) groups excluding carboxylic acids is 2. The summed E-state index contributed by atoms with van der Waals surface area (Å²) in [6.45, 7) is 5.57. The van der Waals surface area contributed by atoms with E-state index in [9.17, 15) is 19.8 Å². The summed E-state index contributed by atoms with van der Waals surface area (Å²) < 4.78 is 5.01. The van der Waals surface area contributed by atoms with E-state index < -0.39 is 22.9 Å². The number of methoxy groups -OCH3 is 1. The minimum atomic E-state index is -1.24. The molecule has 4 rings (SSSR count). The Balaban J connectivity index is 2.04. The quantitative estimate of drug-likeness (QED) is 0.609. The molecule has 0 amide bonds. The SMILES string of the molecule is C=C1C(=O)[C@]23C[C@@]1(O)CC[C@H]2c1ccc(O)c(C)c1[C@@H]3C(=O)OC. The van der Waals surface area contributed by atoms with Crippen molar-refractivity contribution in [3.63, 3.8) is 0 Å². The Labute approximate surface area is 139 Å². The van der Waals surface area contributed by atoms with Gasteiger partial charge in [0.2, 0.25) is 0 Å². The number of Topliss-reactive ketones (excluding diaryl/α,β-unsaturated/α-hetero) is 1. The van der Waals surface area contributed by atoms with Crippen LogP contribution < -0.4 is 0 Å². The third kappa shape index (κ3) is 1.49. The second-order valence-electron chi connectivity index (χ2n) is 7.32. The van der Waals surface area contributed by atoms with Gasteiger partial charge in [-0.25, -0.2) is 0 Å². The average molecular weight is 328 g/mol. The molecule has 3 aliphatic rings.